The molecular weight excluding hydrogens is 248 g/mol. The summed E-state index contributed by atoms with van der Waals surface area (Å²) in [5.74, 6) is 0. The van der Waals surface area contributed by atoms with Crippen LogP contribution in [0.5, 0.6) is 0 Å². The van der Waals surface area contributed by atoms with Gasteiger partial charge in [0.25, 0.3) is 0 Å². The van der Waals surface area contributed by atoms with E-state index in [9.17, 15) is 5.11 Å². The Hall–Kier alpha value is -0.900. The molecule has 2 aliphatic rings. The lowest BCUT2D eigenvalue weighted by molar-refractivity contribution is 0.141. The van der Waals surface area contributed by atoms with E-state index in [2.05, 4.69) is 28.4 Å². The van der Waals surface area contributed by atoms with Gasteiger partial charge >= 0.3 is 0 Å². The van der Waals surface area contributed by atoms with E-state index < -0.39 is 0 Å². The smallest absolute Gasteiger partial charge is 0.0449 e. The molecule has 1 atom stereocenters. The highest BCUT2D eigenvalue weighted by molar-refractivity contribution is 5.35. The monoisotopic (exact) mass is 274 g/mol. The van der Waals surface area contributed by atoms with Gasteiger partial charge in [-0.25, -0.2) is 0 Å². The zero-order valence-corrected chi connectivity index (χ0v) is 12.3. The third kappa shape index (κ3) is 3.05. The molecule has 1 aromatic carbocycles. The fourth-order valence-corrected chi connectivity index (χ4v) is 3.64. The summed E-state index contributed by atoms with van der Waals surface area (Å²) in [6, 6.07) is 7.43. The first-order valence-corrected chi connectivity index (χ1v) is 8.06. The van der Waals surface area contributed by atoms with Crippen molar-refractivity contribution in [3.8, 4) is 0 Å². The van der Waals surface area contributed by atoms with Gasteiger partial charge in [0.1, 0.15) is 0 Å². The van der Waals surface area contributed by atoms with Crippen molar-refractivity contribution in [2.24, 2.45) is 0 Å². The van der Waals surface area contributed by atoms with E-state index in [0.717, 1.165) is 32.6 Å². The second-order valence-electron chi connectivity index (χ2n) is 6.05. The highest BCUT2D eigenvalue weighted by Gasteiger charge is 2.22. The molecule has 0 saturated carbocycles. The van der Waals surface area contributed by atoms with Gasteiger partial charge < -0.3 is 10.4 Å². The van der Waals surface area contributed by atoms with Crippen LogP contribution in [0.15, 0.2) is 18.2 Å². The molecule has 1 unspecified atom stereocenters. The molecule has 3 nitrogen and oxygen atoms in total. The molecule has 1 fully saturated rings. The van der Waals surface area contributed by atoms with Crippen LogP contribution >= 0.6 is 0 Å². The molecule has 0 aromatic heterocycles. The van der Waals surface area contributed by atoms with Gasteiger partial charge in [-0.2, -0.15) is 0 Å². The number of nitrogens with zero attached hydrogens (tertiary/aromatic N) is 1. The van der Waals surface area contributed by atoms with E-state index in [4.69, 9.17) is 0 Å². The van der Waals surface area contributed by atoms with Crippen LogP contribution < -0.4 is 5.32 Å². The maximum Gasteiger partial charge on any atom is 0.0449 e. The molecule has 0 radical (unpaired) electrons. The molecule has 0 spiro atoms. The van der Waals surface area contributed by atoms with Crippen molar-refractivity contribution in [3.63, 3.8) is 0 Å². The zero-order chi connectivity index (χ0) is 13.8. The van der Waals surface area contributed by atoms with Crippen molar-refractivity contribution in [1.29, 1.82) is 0 Å². The molecule has 0 bridgehead atoms. The van der Waals surface area contributed by atoms with Gasteiger partial charge in [0.2, 0.25) is 0 Å². The second kappa shape index (κ2) is 6.70. The Morgan fingerprint density at radius 1 is 1.10 bits per heavy atom. The average Bonchev–Trinajstić information content (AvgIpc) is 2.53. The summed E-state index contributed by atoms with van der Waals surface area (Å²) < 4.78 is 0. The topological polar surface area (TPSA) is 35.5 Å². The summed E-state index contributed by atoms with van der Waals surface area (Å²) >= 11 is 0. The van der Waals surface area contributed by atoms with E-state index >= 15 is 0 Å². The molecule has 2 N–H and O–H groups in total. The minimum absolute atomic E-state index is 0.270. The van der Waals surface area contributed by atoms with Gasteiger partial charge in [-0.05, 0) is 48.8 Å². The van der Waals surface area contributed by atoms with E-state index in [1.54, 1.807) is 11.1 Å². The van der Waals surface area contributed by atoms with Crippen molar-refractivity contribution < 1.29 is 5.11 Å². The first-order chi connectivity index (χ1) is 9.88. The maximum absolute atomic E-state index is 9.42. The second-order valence-corrected chi connectivity index (χ2v) is 6.05. The molecule has 110 valence electrons. The van der Waals surface area contributed by atoms with Crippen LogP contribution in [-0.2, 0) is 12.8 Å². The Morgan fingerprint density at radius 2 is 1.85 bits per heavy atom. The van der Waals surface area contributed by atoms with E-state index in [1.807, 2.05) is 0 Å². The quantitative estimate of drug-likeness (QED) is 0.880. The van der Waals surface area contributed by atoms with Crippen LogP contribution in [0.1, 0.15) is 42.0 Å². The maximum atomic E-state index is 9.42. The third-order valence-corrected chi connectivity index (χ3v) is 4.75. The van der Waals surface area contributed by atoms with Gasteiger partial charge in [0.15, 0.2) is 0 Å². The minimum atomic E-state index is 0.270. The summed E-state index contributed by atoms with van der Waals surface area (Å²) in [5.41, 5.74) is 4.50. The number of aliphatic hydroxyl groups is 1. The van der Waals surface area contributed by atoms with Crippen molar-refractivity contribution in [2.75, 3.05) is 32.8 Å². The molecule has 0 amide bonds. The summed E-state index contributed by atoms with van der Waals surface area (Å²) in [5, 5.41) is 12.8. The standard InChI is InChI=1S/C17H26N2O/c20-12-7-17(19-10-8-18-9-11-19)16-6-5-14-3-1-2-4-15(14)13-16/h5-6,13,17-18,20H,1-4,7-12H2. The minimum Gasteiger partial charge on any atom is -0.396 e. The van der Waals surface area contributed by atoms with E-state index in [-0.39, 0.29) is 6.61 Å². The Labute approximate surface area is 122 Å². The van der Waals surface area contributed by atoms with Gasteiger partial charge in [0.05, 0.1) is 0 Å². The van der Waals surface area contributed by atoms with Crippen LogP contribution in [0.3, 0.4) is 0 Å². The molecule has 1 saturated heterocycles. The number of piperazine rings is 1. The van der Waals surface area contributed by atoms with E-state index in [1.165, 1.54) is 31.2 Å². The number of benzene rings is 1. The van der Waals surface area contributed by atoms with Gasteiger partial charge in [-0.15, -0.1) is 0 Å². The molecule has 3 heteroatoms. The molecule has 20 heavy (non-hydrogen) atoms. The number of nitrogens with one attached hydrogen (secondary N) is 1. The van der Waals surface area contributed by atoms with Crippen molar-refractivity contribution in [2.45, 2.75) is 38.1 Å². The van der Waals surface area contributed by atoms with Crippen LogP contribution in [-0.4, -0.2) is 42.8 Å². The van der Waals surface area contributed by atoms with Crippen LogP contribution in [0, 0.1) is 0 Å². The normalized spacial score (nSPS) is 21.4. The number of aliphatic hydroxyl groups excluding tert-OH is 1. The summed E-state index contributed by atoms with van der Waals surface area (Å²) in [7, 11) is 0. The number of aryl methyl sites for hydroxylation is 2. The predicted molar refractivity (Wildman–Crippen MR) is 82.0 cm³/mol. The highest BCUT2D eigenvalue weighted by Crippen LogP contribution is 2.29. The predicted octanol–water partition coefficient (Wildman–Crippen LogP) is 1.89. The number of hydrogen-bond donors (Lipinski definition) is 2. The fraction of sp³-hybridized carbons (Fsp3) is 0.647. The average molecular weight is 274 g/mol. The lowest BCUT2D eigenvalue weighted by Gasteiger charge is -2.35. The van der Waals surface area contributed by atoms with Crippen LogP contribution in [0.25, 0.3) is 0 Å². The molecule has 1 aliphatic heterocycles. The number of rotatable bonds is 4. The first kappa shape index (κ1) is 14.1. The summed E-state index contributed by atoms with van der Waals surface area (Å²) in [6.45, 7) is 4.56. The zero-order valence-electron chi connectivity index (χ0n) is 12.3. The van der Waals surface area contributed by atoms with Crippen LogP contribution in [0.2, 0.25) is 0 Å². The molecule has 1 aliphatic carbocycles. The lowest BCUT2D eigenvalue weighted by Crippen LogP contribution is -2.45. The number of hydrogen-bond acceptors (Lipinski definition) is 3. The highest BCUT2D eigenvalue weighted by atomic mass is 16.3. The molecular formula is C17H26N2O. The van der Waals surface area contributed by atoms with Gasteiger partial charge in [-0.3, -0.25) is 4.90 Å². The van der Waals surface area contributed by atoms with E-state index in [0.29, 0.717) is 6.04 Å². The summed E-state index contributed by atoms with van der Waals surface area (Å²) in [6.07, 6.45) is 5.99. The largest absolute Gasteiger partial charge is 0.396 e. The van der Waals surface area contributed by atoms with Gasteiger partial charge in [0, 0.05) is 38.8 Å². The van der Waals surface area contributed by atoms with Crippen molar-refractivity contribution >= 4 is 0 Å². The lowest BCUT2D eigenvalue weighted by atomic mass is 9.88. The Morgan fingerprint density at radius 3 is 2.60 bits per heavy atom. The Kier molecular flexibility index (Phi) is 4.71. The Bertz CT molecular complexity index is 441. The van der Waals surface area contributed by atoms with Crippen molar-refractivity contribution in [1.82, 2.24) is 10.2 Å². The SMILES string of the molecule is OCCC(c1ccc2c(c1)CCCC2)N1CCNCC1. The number of fused-ring (bicyclic) bond motifs is 1. The first-order valence-electron chi connectivity index (χ1n) is 8.06. The molecule has 1 aromatic rings. The third-order valence-electron chi connectivity index (χ3n) is 4.75. The fourth-order valence-electron chi connectivity index (χ4n) is 3.64. The van der Waals surface area contributed by atoms with Crippen LogP contribution in [0.4, 0.5) is 0 Å². The summed E-state index contributed by atoms with van der Waals surface area (Å²) in [4.78, 5) is 2.53. The van der Waals surface area contributed by atoms with Gasteiger partial charge in [-0.1, -0.05) is 18.2 Å². The van der Waals surface area contributed by atoms with Crippen molar-refractivity contribution in [3.05, 3.63) is 34.9 Å². The Balaban J connectivity index is 1.82. The molecule has 3 rings (SSSR count). The molecule has 1 heterocycles.